The van der Waals surface area contributed by atoms with Gasteiger partial charge in [-0.15, -0.1) is 0 Å². The molecule has 0 aromatic carbocycles. The average molecular weight is 281 g/mol. The summed E-state index contributed by atoms with van der Waals surface area (Å²) in [6.07, 6.45) is 2.80. The summed E-state index contributed by atoms with van der Waals surface area (Å²) in [5, 5.41) is 0.693. The summed E-state index contributed by atoms with van der Waals surface area (Å²) >= 11 is 2.06. The molecule has 1 atom stereocenters. The lowest BCUT2D eigenvalue weighted by atomic mass is 10.0. The summed E-state index contributed by atoms with van der Waals surface area (Å²) in [5.74, 6) is 8.86. The van der Waals surface area contributed by atoms with E-state index in [4.69, 9.17) is 5.84 Å². The maximum absolute atomic E-state index is 5.58. The van der Waals surface area contributed by atoms with Gasteiger partial charge in [-0.05, 0) is 12.3 Å². The van der Waals surface area contributed by atoms with Crippen LogP contribution in [0.2, 0.25) is 0 Å². The number of thioether (sulfide) groups is 1. The van der Waals surface area contributed by atoms with Crippen molar-refractivity contribution in [2.24, 2.45) is 5.84 Å². The van der Waals surface area contributed by atoms with Crippen molar-refractivity contribution < 1.29 is 0 Å². The molecule has 19 heavy (non-hydrogen) atoms. The van der Waals surface area contributed by atoms with E-state index in [0.717, 1.165) is 36.0 Å². The quantitative estimate of drug-likeness (QED) is 0.651. The lowest BCUT2D eigenvalue weighted by molar-refractivity contribution is 0.707. The molecule has 2 heterocycles. The Morgan fingerprint density at radius 1 is 1.53 bits per heavy atom. The van der Waals surface area contributed by atoms with Gasteiger partial charge < -0.3 is 10.3 Å². The Morgan fingerprint density at radius 3 is 2.95 bits per heavy atom. The fourth-order valence-corrected chi connectivity index (χ4v) is 3.62. The number of anilines is 2. The highest BCUT2D eigenvalue weighted by atomic mass is 32.2. The number of hydrazine groups is 1. The second-order valence-corrected chi connectivity index (χ2v) is 6.51. The topological polar surface area (TPSA) is 67.1 Å². The van der Waals surface area contributed by atoms with Gasteiger partial charge in [-0.2, -0.15) is 11.8 Å². The Labute approximate surface area is 119 Å². The van der Waals surface area contributed by atoms with E-state index in [1.807, 2.05) is 0 Å². The number of nitrogens with two attached hydrogens (primary N) is 1. The minimum Gasteiger partial charge on any atom is -0.354 e. The number of aromatic nitrogens is 2. The maximum atomic E-state index is 5.58. The molecular weight excluding hydrogens is 258 g/mol. The number of rotatable bonds is 4. The van der Waals surface area contributed by atoms with Crippen LogP contribution in [0.5, 0.6) is 0 Å². The van der Waals surface area contributed by atoms with Crippen LogP contribution in [0.15, 0.2) is 6.33 Å². The van der Waals surface area contributed by atoms with Crippen molar-refractivity contribution in [1.82, 2.24) is 9.97 Å². The van der Waals surface area contributed by atoms with Gasteiger partial charge in [0.25, 0.3) is 0 Å². The van der Waals surface area contributed by atoms with E-state index in [2.05, 4.69) is 52.8 Å². The normalized spacial score (nSPS) is 19.8. The van der Waals surface area contributed by atoms with Crippen molar-refractivity contribution in [3.63, 3.8) is 0 Å². The zero-order valence-electron chi connectivity index (χ0n) is 11.9. The molecule has 2 rings (SSSR count). The first-order valence-corrected chi connectivity index (χ1v) is 7.90. The molecule has 1 saturated heterocycles. The summed E-state index contributed by atoms with van der Waals surface area (Å²) in [4.78, 5) is 11.1. The first kappa shape index (κ1) is 14.4. The molecule has 6 heteroatoms. The van der Waals surface area contributed by atoms with Gasteiger partial charge in [0.05, 0.1) is 0 Å². The third-order valence-electron chi connectivity index (χ3n) is 3.47. The van der Waals surface area contributed by atoms with Crippen LogP contribution in [0.4, 0.5) is 11.6 Å². The van der Waals surface area contributed by atoms with Crippen LogP contribution in [0.3, 0.4) is 0 Å². The van der Waals surface area contributed by atoms with E-state index in [-0.39, 0.29) is 0 Å². The molecule has 0 aliphatic carbocycles. The third-order valence-corrected chi connectivity index (χ3v) is 4.84. The van der Waals surface area contributed by atoms with E-state index in [1.165, 1.54) is 6.42 Å². The van der Waals surface area contributed by atoms with Gasteiger partial charge in [-0.3, -0.25) is 0 Å². The molecule has 1 aromatic rings. The summed E-state index contributed by atoms with van der Waals surface area (Å²) in [7, 11) is 0. The Morgan fingerprint density at radius 2 is 2.32 bits per heavy atom. The fraction of sp³-hybridized carbons (Fsp3) is 0.692. The number of nitrogens with one attached hydrogen (secondary N) is 1. The predicted molar refractivity (Wildman–Crippen MR) is 82.7 cm³/mol. The smallest absolute Gasteiger partial charge is 0.148 e. The van der Waals surface area contributed by atoms with Gasteiger partial charge in [0.2, 0.25) is 0 Å². The summed E-state index contributed by atoms with van der Waals surface area (Å²) in [6.45, 7) is 8.65. The van der Waals surface area contributed by atoms with E-state index in [0.29, 0.717) is 11.2 Å². The average Bonchev–Trinajstić information content (AvgIpc) is 2.46. The molecule has 1 unspecified atom stereocenters. The van der Waals surface area contributed by atoms with E-state index in [1.54, 1.807) is 6.33 Å². The van der Waals surface area contributed by atoms with E-state index in [9.17, 15) is 0 Å². The lowest BCUT2D eigenvalue weighted by Gasteiger charge is -2.34. The van der Waals surface area contributed by atoms with Crippen molar-refractivity contribution in [3.8, 4) is 0 Å². The first-order chi connectivity index (χ1) is 9.17. The predicted octanol–water partition coefficient (Wildman–Crippen LogP) is 2.22. The summed E-state index contributed by atoms with van der Waals surface area (Å²) in [6, 6.07) is 0. The third kappa shape index (κ3) is 3.12. The van der Waals surface area contributed by atoms with Crippen LogP contribution >= 0.6 is 11.8 Å². The van der Waals surface area contributed by atoms with Crippen molar-refractivity contribution in [1.29, 1.82) is 0 Å². The van der Waals surface area contributed by atoms with Crippen molar-refractivity contribution >= 4 is 23.4 Å². The van der Waals surface area contributed by atoms with Crippen LogP contribution in [0, 0.1) is 0 Å². The van der Waals surface area contributed by atoms with Gasteiger partial charge in [0, 0.05) is 29.7 Å². The van der Waals surface area contributed by atoms with Crippen molar-refractivity contribution in [3.05, 3.63) is 11.9 Å². The summed E-state index contributed by atoms with van der Waals surface area (Å²) < 4.78 is 0. The molecule has 3 N–H and O–H groups in total. The van der Waals surface area contributed by atoms with Crippen LogP contribution in [-0.4, -0.2) is 34.1 Å². The molecular formula is C13H23N5S. The zero-order chi connectivity index (χ0) is 13.8. The van der Waals surface area contributed by atoms with Gasteiger partial charge >= 0.3 is 0 Å². The minimum absolute atomic E-state index is 0.344. The molecule has 0 saturated carbocycles. The Kier molecular flexibility index (Phi) is 4.87. The Bertz CT molecular complexity index is 423. The highest BCUT2D eigenvalue weighted by molar-refractivity contribution is 8.00. The molecule has 1 aromatic heterocycles. The molecule has 1 aliphatic heterocycles. The molecule has 0 spiro atoms. The number of hydrogen-bond donors (Lipinski definition) is 2. The number of hydrogen-bond acceptors (Lipinski definition) is 6. The van der Waals surface area contributed by atoms with Crippen LogP contribution in [0.1, 0.15) is 38.7 Å². The van der Waals surface area contributed by atoms with Gasteiger partial charge in [-0.25, -0.2) is 15.8 Å². The van der Waals surface area contributed by atoms with Crippen LogP contribution in [-0.2, 0) is 0 Å². The Balaban J connectivity index is 2.33. The molecule has 5 nitrogen and oxygen atoms in total. The zero-order valence-corrected chi connectivity index (χ0v) is 12.7. The number of nitrogen functional groups attached to an aromatic ring is 1. The number of nitrogens with zero attached hydrogens (tertiary/aromatic N) is 3. The molecule has 1 aliphatic rings. The van der Waals surface area contributed by atoms with Crippen molar-refractivity contribution in [2.75, 3.05) is 29.2 Å². The first-order valence-electron chi connectivity index (χ1n) is 6.85. The monoisotopic (exact) mass is 281 g/mol. The SMILES string of the molecule is CCC1CN(c2ncnc(NN)c2C(C)C)CCS1. The highest BCUT2D eigenvalue weighted by Crippen LogP contribution is 2.33. The second-order valence-electron chi connectivity index (χ2n) is 5.11. The minimum atomic E-state index is 0.344. The molecule has 1 fully saturated rings. The maximum Gasteiger partial charge on any atom is 0.148 e. The Hall–Kier alpha value is -1.01. The highest BCUT2D eigenvalue weighted by Gasteiger charge is 2.24. The van der Waals surface area contributed by atoms with Gasteiger partial charge in [-0.1, -0.05) is 20.8 Å². The van der Waals surface area contributed by atoms with Crippen molar-refractivity contribution in [2.45, 2.75) is 38.4 Å². The largest absolute Gasteiger partial charge is 0.354 e. The molecule has 0 amide bonds. The van der Waals surface area contributed by atoms with E-state index < -0.39 is 0 Å². The lowest BCUT2D eigenvalue weighted by Crippen LogP contribution is -2.39. The van der Waals surface area contributed by atoms with Crippen LogP contribution < -0.4 is 16.2 Å². The standard InChI is InChI=1S/C13H23N5S/c1-4-10-7-18(5-6-19-10)13-11(9(2)3)12(17-14)15-8-16-13/h8-10H,4-7,14H2,1-3H3,(H,15,16,17). The van der Waals surface area contributed by atoms with E-state index >= 15 is 0 Å². The molecule has 106 valence electrons. The van der Waals surface area contributed by atoms with Gasteiger partial charge in [0.1, 0.15) is 18.0 Å². The fourth-order valence-electron chi connectivity index (χ4n) is 2.44. The molecule has 0 bridgehead atoms. The second kappa shape index (κ2) is 6.43. The molecule has 0 radical (unpaired) electrons. The van der Waals surface area contributed by atoms with Crippen LogP contribution in [0.25, 0.3) is 0 Å². The summed E-state index contributed by atoms with van der Waals surface area (Å²) in [5.41, 5.74) is 3.82. The van der Waals surface area contributed by atoms with Gasteiger partial charge in [0.15, 0.2) is 0 Å².